The Labute approximate surface area is 197 Å². The molecule has 0 aromatic rings. The average molecular weight is 467 g/mol. The summed E-state index contributed by atoms with van der Waals surface area (Å²) in [6.07, 6.45) is 8.07. The zero-order valence-corrected chi connectivity index (χ0v) is 20.6. The fourth-order valence-electron chi connectivity index (χ4n) is 6.28. The second kappa shape index (κ2) is 11.2. The first-order valence-electron chi connectivity index (χ1n) is 13.0. The zero-order valence-electron chi connectivity index (χ0n) is 20.6. The van der Waals surface area contributed by atoms with Crippen LogP contribution in [0.3, 0.4) is 0 Å². The SMILES string of the molecule is CCCCCNC(=O)C1N(CCCCCCO)C(=O)[C@@H]2[C@H](C(=O)OCC)[C@]3(CC)CCC12O3. The van der Waals surface area contributed by atoms with Gasteiger partial charge in [0.25, 0.3) is 0 Å². The molecule has 5 atom stereocenters. The number of hydrogen-bond donors (Lipinski definition) is 2. The topological polar surface area (TPSA) is 105 Å². The highest BCUT2D eigenvalue weighted by atomic mass is 16.6. The van der Waals surface area contributed by atoms with Crippen LogP contribution in [-0.2, 0) is 23.9 Å². The van der Waals surface area contributed by atoms with Gasteiger partial charge in [0.15, 0.2) is 0 Å². The van der Waals surface area contributed by atoms with Crippen LogP contribution < -0.4 is 5.32 Å². The van der Waals surface area contributed by atoms with E-state index < -0.39 is 29.1 Å². The summed E-state index contributed by atoms with van der Waals surface area (Å²) in [5.74, 6) is -2.05. The van der Waals surface area contributed by atoms with Gasteiger partial charge in [-0.1, -0.05) is 39.5 Å². The van der Waals surface area contributed by atoms with Gasteiger partial charge in [0.05, 0.1) is 18.1 Å². The van der Waals surface area contributed by atoms with Gasteiger partial charge >= 0.3 is 5.97 Å². The van der Waals surface area contributed by atoms with Crippen molar-refractivity contribution in [3.8, 4) is 0 Å². The maximum atomic E-state index is 13.8. The van der Waals surface area contributed by atoms with Gasteiger partial charge in [0.2, 0.25) is 11.8 Å². The molecule has 1 spiro atoms. The third-order valence-corrected chi connectivity index (χ3v) is 7.86. The summed E-state index contributed by atoms with van der Waals surface area (Å²) < 4.78 is 12.0. The number of amides is 2. The number of esters is 1. The molecule has 33 heavy (non-hydrogen) atoms. The predicted molar refractivity (Wildman–Crippen MR) is 123 cm³/mol. The Balaban J connectivity index is 1.87. The Hall–Kier alpha value is -1.67. The Kier molecular flexibility index (Phi) is 8.78. The molecule has 8 heteroatoms. The number of hydrogen-bond acceptors (Lipinski definition) is 6. The molecule has 2 amide bonds. The summed E-state index contributed by atoms with van der Waals surface area (Å²) in [7, 11) is 0. The van der Waals surface area contributed by atoms with Crippen LogP contribution in [0, 0.1) is 11.8 Å². The molecule has 0 aromatic heterocycles. The number of nitrogens with zero attached hydrogens (tertiary/aromatic N) is 1. The Morgan fingerprint density at radius 1 is 1.12 bits per heavy atom. The lowest BCUT2D eigenvalue weighted by Crippen LogP contribution is -2.55. The molecule has 3 aliphatic heterocycles. The second-order valence-electron chi connectivity index (χ2n) is 9.75. The van der Waals surface area contributed by atoms with E-state index in [1.54, 1.807) is 11.8 Å². The van der Waals surface area contributed by atoms with Gasteiger partial charge in [0.1, 0.15) is 17.6 Å². The first-order chi connectivity index (χ1) is 15.9. The van der Waals surface area contributed by atoms with Crippen LogP contribution in [0.1, 0.15) is 85.0 Å². The van der Waals surface area contributed by atoms with Crippen molar-refractivity contribution in [3.05, 3.63) is 0 Å². The third kappa shape index (κ3) is 4.65. The van der Waals surface area contributed by atoms with Crippen LogP contribution in [0.4, 0.5) is 0 Å². The van der Waals surface area contributed by atoms with Gasteiger partial charge in [-0.2, -0.15) is 0 Å². The lowest BCUT2D eigenvalue weighted by atomic mass is 9.65. The van der Waals surface area contributed by atoms with Crippen LogP contribution in [0.25, 0.3) is 0 Å². The smallest absolute Gasteiger partial charge is 0.312 e. The number of carbonyl (C=O) groups excluding carboxylic acids is 3. The van der Waals surface area contributed by atoms with Crippen LogP contribution in [0.15, 0.2) is 0 Å². The van der Waals surface area contributed by atoms with Gasteiger partial charge in [-0.15, -0.1) is 0 Å². The number of fused-ring (bicyclic) bond motifs is 1. The van der Waals surface area contributed by atoms with Crippen LogP contribution in [-0.4, -0.2) is 71.3 Å². The van der Waals surface area contributed by atoms with E-state index in [0.717, 1.165) is 44.9 Å². The summed E-state index contributed by atoms with van der Waals surface area (Å²) in [5.41, 5.74) is -1.70. The van der Waals surface area contributed by atoms with Gasteiger partial charge in [-0.3, -0.25) is 14.4 Å². The third-order valence-electron chi connectivity index (χ3n) is 7.86. The molecule has 0 saturated carbocycles. The molecular weight excluding hydrogens is 424 g/mol. The second-order valence-corrected chi connectivity index (χ2v) is 9.75. The molecule has 8 nitrogen and oxygen atoms in total. The quantitative estimate of drug-likeness (QED) is 0.301. The van der Waals surface area contributed by atoms with Crippen molar-refractivity contribution in [2.24, 2.45) is 11.8 Å². The van der Waals surface area contributed by atoms with Crippen molar-refractivity contribution in [1.29, 1.82) is 0 Å². The summed E-state index contributed by atoms with van der Waals surface area (Å²) >= 11 is 0. The molecule has 0 radical (unpaired) electrons. The number of unbranched alkanes of at least 4 members (excludes halogenated alkanes) is 5. The Morgan fingerprint density at radius 2 is 1.88 bits per heavy atom. The monoisotopic (exact) mass is 466 g/mol. The van der Waals surface area contributed by atoms with Crippen molar-refractivity contribution < 1.29 is 29.0 Å². The van der Waals surface area contributed by atoms with E-state index in [9.17, 15) is 14.4 Å². The molecule has 3 aliphatic rings. The minimum atomic E-state index is -0.968. The zero-order chi connectivity index (χ0) is 24.1. The maximum Gasteiger partial charge on any atom is 0.312 e. The van der Waals surface area contributed by atoms with Crippen LogP contribution in [0.2, 0.25) is 0 Å². The number of ether oxygens (including phenoxy) is 2. The molecule has 3 saturated heterocycles. The largest absolute Gasteiger partial charge is 0.466 e. The minimum absolute atomic E-state index is 0.154. The lowest BCUT2D eigenvalue weighted by molar-refractivity contribution is -0.160. The van der Waals surface area contributed by atoms with E-state index in [0.29, 0.717) is 32.4 Å². The van der Waals surface area contributed by atoms with Crippen molar-refractivity contribution in [1.82, 2.24) is 10.2 Å². The number of aliphatic hydroxyl groups is 1. The van der Waals surface area contributed by atoms with E-state index >= 15 is 0 Å². The number of carbonyl (C=O) groups is 3. The molecule has 3 heterocycles. The molecule has 3 rings (SSSR count). The standard InChI is InChI=1S/C25H42N2O6/c1-4-7-10-15-26-21(29)20-25-14-13-24(5-2,33-25)19(23(31)32-6-3)18(25)22(30)27(20)16-11-8-9-12-17-28/h18-20,28H,4-17H2,1-3H3,(H,26,29)/t18-,19+,20?,24-,25?/m0/s1. The number of aliphatic hydroxyl groups excluding tert-OH is 1. The Bertz CT molecular complexity index is 715. The lowest BCUT2D eigenvalue weighted by Gasteiger charge is -2.33. The first-order valence-corrected chi connectivity index (χ1v) is 13.0. The van der Waals surface area contributed by atoms with Crippen molar-refractivity contribution >= 4 is 17.8 Å². The summed E-state index contributed by atoms with van der Waals surface area (Å²) in [4.78, 5) is 42.0. The van der Waals surface area contributed by atoms with Gasteiger partial charge in [-0.25, -0.2) is 0 Å². The van der Waals surface area contributed by atoms with Crippen LogP contribution in [0.5, 0.6) is 0 Å². The molecule has 3 fully saturated rings. The van der Waals surface area contributed by atoms with E-state index in [2.05, 4.69) is 12.2 Å². The molecule has 0 aromatic carbocycles. The summed E-state index contributed by atoms with van der Waals surface area (Å²) in [6, 6.07) is -0.720. The van der Waals surface area contributed by atoms with E-state index in [4.69, 9.17) is 14.6 Å². The van der Waals surface area contributed by atoms with Crippen LogP contribution >= 0.6 is 0 Å². The summed E-state index contributed by atoms with van der Waals surface area (Å²) in [6.45, 7) is 7.29. The van der Waals surface area contributed by atoms with E-state index in [1.807, 2.05) is 6.92 Å². The van der Waals surface area contributed by atoms with E-state index in [-0.39, 0.29) is 31.0 Å². The highest BCUT2D eigenvalue weighted by Crippen LogP contribution is 2.64. The predicted octanol–water partition coefficient (Wildman–Crippen LogP) is 2.56. The molecule has 2 bridgehead atoms. The molecule has 0 aliphatic carbocycles. The average Bonchev–Trinajstić information content (AvgIpc) is 3.40. The number of nitrogens with one attached hydrogen (secondary N) is 1. The van der Waals surface area contributed by atoms with E-state index in [1.165, 1.54) is 0 Å². The summed E-state index contributed by atoms with van der Waals surface area (Å²) in [5, 5.41) is 12.1. The van der Waals surface area contributed by atoms with Crippen molar-refractivity contribution in [3.63, 3.8) is 0 Å². The number of rotatable bonds is 14. The Morgan fingerprint density at radius 3 is 2.55 bits per heavy atom. The van der Waals surface area contributed by atoms with Crippen molar-refractivity contribution in [2.45, 2.75) is 102 Å². The first kappa shape index (κ1) is 25.9. The maximum absolute atomic E-state index is 13.8. The minimum Gasteiger partial charge on any atom is -0.466 e. The highest BCUT2D eigenvalue weighted by molar-refractivity contribution is 5.98. The number of likely N-dealkylation sites (tertiary alicyclic amines) is 1. The highest BCUT2D eigenvalue weighted by Gasteiger charge is 2.78. The molecule has 188 valence electrons. The van der Waals surface area contributed by atoms with Gasteiger partial charge in [-0.05, 0) is 45.4 Å². The molecule has 2 N–H and O–H groups in total. The fraction of sp³-hybridized carbons (Fsp3) is 0.880. The molecule has 2 unspecified atom stereocenters. The van der Waals surface area contributed by atoms with Gasteiger partial charge in [0, 0.05) is 19.7 Å². The normalized spacial score (nSPS) is 32.3. The van der Waals surface area contributed by atoms with Crippen molar-refractivity contribution in [2.75, 3.05) is 26.3 Å². The molecular formula is C25H42N2O6. The van der Waals surface area contributed by atoms with Gasteiger partial charge < -0.3 is 24.8 Å². The fourth-order valence-corrected chi connectivity index (χ4v) is 6.28.